The third-order valence-electron chi connectivity index (χ3n) is 8.81. The Morgan fingerprint density at radius 3 is 1.74 bits per heavy atom. The fraction of sp³-hybridized carbons (Fsp3) is 0.625. The van der Waals surface area contributed by atoms with Gasteiger partial charge in [0, 0.05) is 0 Å². The van der Waals surface area contributed by atoms with Crippen LogP contribution in [0.25, 0.3) is 0 Å². The average molecular weight is 483 g/mol. The molecule has 2 aliphatic carbocycles. The van der Waals surface area contributed by atoms with Crippen LogP contribution in [0.2, 0.25) is 0 Å². The van der Waals surface area contributed by atoms with Crippen molar-refractivity contribution in [3.63, 3.8) is 0 Å². The van der Waals surface area contributed by atoms with Crippen LogP contribution in [-0.4, -0.2) is 6.61 Å². The molecule has 0 saturated heterocycles. The second kappa shape index (κ2) is 12.5. The van der Waals surface area contributed by atoms with Crippen LogP contribution < -0.4 is 0 Å². The normalized spacial score (nSPS) is 25.5. The zero-order chi connectivity index (χ0) is 24.7. The zero-order valence-electron chi connectivity index (χ0n) is 21.8. The summed E-state index contributed by atoms with van der Waals surface area (Å²) in [6.45, 7) is 4.55. The van der Waals surface area contributed by atoms with E-state index in [-0.39, 0.29) is 12.2 Å². The molecule has 0 bridgehead atoms. The maximum Gasteiger partial charge on any atom is 0.383 e. The van der Waals surface area contributed by atoms with Crippen molar-refractivity contribution in [2.75, 3.05) is 6.61 Å². The highest BCUT2D eigenvalue weighted by molar-refractivity contribution is 5.28. The SMILES string of the molecule is CCC[C@H]1CC[C@H](c2ccc(C(F)(F)OCCc3ccc([C@H]4CC[C@H](CC)CC4)cc3)cc2)CC1. The number of alkyl halides is 2. The Bertz CT molecular complexity index is 873. The van der Waals surface area contributed by atoms with E-state index in [1.54, 1.807) is 12.1 Å². The Labute approximate surface area is 211 Å². The predicted molar refractivity (Wildman–Crippen MR) is 141 cm³/mol. The maximum atomic E-state index is 14.7. The van der Waals surface area contributed by atoms with E-state index < -0.39 is 6.11 Å². The van der Waals surface area contributed by atoms with Gasteiger partial charge < -0.3 is 4.74 Å². The van der Waals surface area contributed by atoms with Gasteiger partial charge in [-0.15, -0.1) is 0 Å². The van der Waals surface area contributed by atoms with Gasteiger partial charge in [0.1, 0.15) is 0 Å². The van der Waals surface area contributed by atoms with Gasteiger partial charge >= 0.3 is 6.11 Å². The van der Waals surface area contributed by atoms with E-state index in [4.69, 9.17) is 4.74 Å². The Kier molecular flexibility index (Phi) is 9.39. The molecule has 0 amide bonds. The molecule has 2 aromatic rings. The highest BCUT2D eigenvalue weighted by Crippen LogP contribution is 2.39. The lowest BCUT2D eigenvalue weighted by atomic mass is 9.77. The van der Waals surface area contributed by atoms with Gasteiger partial charge in [-0.1, -0.05) is 81.6 Å². The van der Waals surface area contributed by atoms with Gasteiger partial charge in [0.25, 0.3) is 0 Å². The first kappa shape index (κ1) is 26.3. The third kappa shape index (κ3) is 7.15. The largest absolute Gasteiger partial charge is 0.383 e. The summed E-state index contributed by atoms with van der Waals surface area (Å²) in [5, 5.41) is 0. The van der Waals surface area contributed by atoms with Crippen LogP contribution in [0.5, 0.6) is 0 Å². The molecule has 35 heavy (non-hydrogen) atoms. The van der Waals surface area contributed by atoms with Crippen LogP contribution in [-0.2, 0) is 17.3 Å². The molecule has 0 atom stereocenters. The monoisotopic (exact) mass is 482 g/mol. The smallest absolute Gasteiger partial charge is 0.316 e. The summed E-state index contributed by atoms with van der Waals surface area (Å²) in [5.74, 6) is 2.91. The Morgan fingerprint density at radius 1 is 0.714 bits per heavy atom. The van der Waals surface area contributed by atoms with Crippen molar-refractivity contribution in [1.29, 1.82) is 0 Å². The minimum absolute atomic E-state index is 0.0111. The first-order valence-corrected chi connectivity index (χ1v) is 14.2. The number of ether oxygens (including phenoxy) is 1. The lowest BCUT2D eigenvalue weighted by Crippen LogP contribution is -2.20. The van der Waals surface area contributed by atoms with Crippen LogP contribution in [0.3, 0.4) is 0 Å². The van der Waals surface area contributed by atoms with Crippen molar-refractivity contribution in [2.45, 2.75) is 109 Å². The van der Waals surface area contributed by atoms with Gasteiger partial charge in [-0.05, 0) is 98.1 Å². The molecule has 0 unspecified atom stereocenters. The third-order valence-corrected chi connectivity index (χ3v) is 8.81. The fourth-order valence-electron chi connectivity index (χ4n) is 6.38. The second-order valence-electron chi connectivity index (χ2n) is 11.1. The van der Waals surface area contributed by atoms with Gasteiger partial charge in [0.2, 0.25) is 0 Å². The molecule has 0 aromatic heterocycles. The summed E-state index contributed by atoms with van der Waals surface area (Å²) in [6, 6.07) is 15.5. The highest BCUT2D eigenvalue weighted by atomic mass is 19.3. The van der Waals surface area contributed by atoms with E-state index in [1.807, 2.05) is 12.1 Å². The topological polar surface area (TPSA) is 9.23 Å². The summed E-state index contributed by atoms with van der Waals surface area (Å²) in [6.07, 6.45) is 11.2. The van der Waals surface area contributed by atoms with Gasteiger partial charge in [-0.2, -0.15) is 8.78 Å². The van der Waals surface area contributed by atoms with Crippen molar-refractivity contribution in [3.8, 4) is 0 Å². The lowest BCUT2D eigenvalue weighted by molar-refractivity contribution is -0.248. The summed E-state index contributed by atoms with van der Waals surface area (Å²) < 4.78 is 34.5. The van der Waals surface area contributed by atoms with E-state index >= 15 is 0 Å². The number of rotatable bonds is 10. The molecule has 2 saturated carbocycles. The Balaban J connectivity index is 1.23. The summed E-state index contributed by atoms with van der Waals surface area (Å²) >= 11 is 0. The maximum absolute atomic E-state index is 14.7. The molecule has 0 aliphatic heterocycles. The summed E-state index contributed by atoms with van der Waals surface area (Å²) in [7, 11) is 0. The molecule has 2 fully saturated rings. The quantitative estimate of drug-likeness (QED) is 0.327. The standard InChI is InChI=1S/C32H44F2O/c1-3-5-25-8-14-29(15-9-25)30-18-20-31(21-19-30)32(33,34)35-23-22-26-10-16-28(17-11-26)27-12-6-24(4-2)7-13-27/h10-11,16-21,24-25,27,29H,3-9,12-15,22-23H2,1-2H3/t24-,25-,27-,29-. The van der Waals surface area contributed by atoms with Gasteiger partial charge in [0.05, 0.1) is 12.2 Å². The minimum atomic E-state index is -3.25. The van der Waals surface area contributed by atoms with Crippen LogP contribution >= 0.6 is 0 Å². The van der Waals surface area contributed by atoms with E-state index in [2.05, 4.69) is 38.1 Å². The van der Waals surface area contributed by atoms with Crippen molar-refractivity contribution >= 4 is 0 Å². The molecule has 0 radical (unpaired) electrons. The van der Waals surface area contributed by atoms with Gasteiger partial charge in [-0.3, -0.25) is 0 Å². The molecule has 192 valence electrons. The molecule has 2 aromatic carbocycles. The van der Waals surface area contributed by atoms with Gasteiger partial charge in [0.15, 0.2) is 0 Å². The first-order chi connectivity index (χ1) is 17.0. The van der Waals surface area contributed by atoms with Crippen molar-refractivity contribution < 1.29 is 13.5 Å². The molecule has 1 nitrogen and oxygen atoms in total. The van der Waals surface area contributed by atoms with E-state index in [0.717, 1.165) is 17.4 Å². The van der Waals surface area contributed by atoms with E-state index in [0.29, 0.717) is 18.3 Å². The molecule has 0 spiro atoms. The lowest BCUT2D eigenvalue weighted by Gasteiger charge is -2.29. The number of hydrogen-bond donors (Lipinski definition) is 0. The molecule has 0 heterocycles. The van der Waals surface area contributed by atoms with Crippen molar-refractivity contribution in [2.24, 2.45) is 11.8 Å². The number of hydrogen-bond acceptors (Lipinski definition) is 1. The van der Waals surface area contributed by atoms with Crippen LogP contribution in [0.1, 0.15) is 119 Å². The van der Waals surface area contributed by atoms with E-state index in [1.165, 1.54) is 81.8 Å². The second-order valence-corrected chi connectivity index (χ2v) is 11.1. The molecular formula is C32H44F2O. The zero-order valence-corrected chi connectivity index (χ0v) is 21.8. The predicted octanol–water partition coefficient (Wildman–Crippen LogP) is 9.75. The number of halogens is 2. The summed E-state index contributed by atoms with van der Waals surface area (Å²) in [4.78, 5) is 0. The first-order valence-electron chi connectivity index (χ1n) is 14.2. The minimum Gasteiger partial charge on any atom is -0.316 e. The molecule has 3 heteroatoms. The fourth-order valence-corrected chi connectivity index (χ4v) is 6.38. The van der Waals surface area contributed by atoms with E-state index in [9.17, 15) is 8.78 Å². The molecular weight excluding hydrogens is 438 g/mol. The highest BCUT2D eigenvalue weighted by Gasteiger charge is 2.33. The number of benzene rings is 2. The van der Waals surface area contributed by atoms with Crippen molar-refractivity contribution in [1.82, 2.24) is 0 Å². The molecule has 4 rings (SSSR count). The average Bonchev–Trinajstić information content (AvgIpc) is 2.90. The van der Waals surface area contributed by atoms with Crippen LogP contribution in [0.4, 0.5) is 8.78 Å². The van der Waals surface area contributed by atoms with Crippen LogP contribution in [0, 0.1) is 11.8 Å². The Hall–Kier alpha value is -1.74. The van der Waals surface area contributed by atoms with Gasteiger partial charge in [-0.25, -0.2) is 0 Å². The van der Waals surface area contributed by atoms with Crippen LogP contribution in [0.15, 0.2) is 48.5 Å². The molecule has 0 N–H and O–H groups in total. The summed E-state index contributed by atoms with van der Waals surface area (Å²) in [5.41, 5.74) is 3.61. The molecule has 2 aliphatic rings. The Morgan fingerprint density at radius 2 is 1.23 bits per heavy atom. The van der Waals surface area contributed by atoms with Crippen molar-refractivity contribution in [3.05, 3.63) is 70.8 Å².